The van der Waals surface area contributed by atoms with Crippen molar-refractivity contribution in [3.05, 3.63) is 35.9 Å². The fourth-order valence-electron chi connectivity index (χ4n) is 2.98. The lowest BCUT2D eigenvalue weighted by Crippen LogP contribution is -2.36. The SMILES string of the molecule is CC(C)C[C@@H](C(=O)O)C(CCCc1ccccc1)C(=O)OC(C)(C)C. The number of esters is 1. The number of carboxylic acid groups (broad SMARTS) is 1. The van der Waals surface area contributed by atoms with Gasteiger partial charge in [0.15, 0.2) is 0 Å². The molecule has 2 atom stereocenters. The van der Waals surface area contributed by atoms with Crippen LogP contribution >= 0.6 is 0 Å². The number of carbonyl (C=O) groups is 2. The molecule has 0 aliphatic heterocycles. The third-order valence-corrected chi connectivity index (χ3v) is 4.06. The van der Waals surface area contributed by atoms with Gasteiger partial charge in [-0.1, -0.05) is 44.2 Å². The molecule has 0 aromatic heterocycles. The number of carbonyl (C=O) groups excluding carboxylic acids is 1. The van der Waals surface area contributed by atoms with Crippen molar-refractivity contribution in [1.82, 2.24) is 0 Å². The Labute approximate surface area is 151 Å². The standard InChI is InChI=1S/C21H32O4/c1-15(2)14-18(19(22)23)17(20(24)25-21(3,4)5)13-9-12-16-10-7-6-8-11-16/h6-8,10-11,15,17-18H,9,12-14H2,1-5H3,(H,22,23)/t17?,18-/m1/s1. The first-order chi connectivity index (χ1) is 11.6. The summed E-state index contributed by atoms with van der Waals surface area (Å²) < 4.78 is 5.51. The van der Waals surface area contributed by atoms with Crippen molar-refractivity contribution in [1.29, 1.82) is 0 Å². The van der Waals surface area contributed by atoms with Crippen molar-refractivity contribution in [3.8, 4) is 0 Å². The number of ether oxygens (including phenoxy) is 1. The molecule has 4 nitrogen and oxygen atoms in total. The second-order valence-electron chi connectivity index (χ2n) is 8.09. The largest absolute Gasteiger partial charge is 0.481 e. The van der Waals surface area contributed by atoms with Gasteiger partial charge in [0.2, 0.25) is 0 Å². The summed E-state index contributed by atoms with van der Waals surface area (Å²) in [6.45, 7) is 9.39. The van der Waals surface area contributed by atoms with E-state index in [0.717, 1.165) is 12.8 Å². The molecule has 0 radical (unpaired) electrons. The molecule has 1 N–H and O–H groups in total. The van der Waals surface area contributed by atoms with Crippen LogP contribution in [0.5, 0.6) is 0 Å². The molecule has 1 rings (SSSR count). The van der Waals surface area contributed by atoms with E-state index < -0.39 is 29.4 Å². The Morgan fingerprint density at radius 2 is 1.68 bits per heavy atom. The topological polar surface area (TPSA) is 63.6 Å². The van der Waals surface area contributed by atoms with Gasteiger partial charge in [0.25, 0.3) is 0 Å². The summed E-state index contributed by atoms with van der Waals surface area (Å²) >= 11 is 0. The second-order valence-corrected chi connectivity index (χ2v) is 8.09. The molecule has 0 bridgehead atoms. The van der Waals surface area contributed by atoms with Crippen LogP contribution in [-0.4, -0.2) is 22.6 Å². The molecule has 0 saturated heterocycles. The highest BCUT2D eigenvalue weighted by Crippen LogP contribution is 2.28. The molecule has 0 amide bonds. The minimum Gasteiger partial charge on any atom is -0.481 e. The third-order valence-electron chi connectivity index (χ3n) is 4.06. The Bertz CT molecular complexity index is 543. The molecule has 0 fully saturated rings. The maximum absolute atomic E-state index is 12.6. The van der Waals surface area contributed by atoms with Gasteiger partial charge in [-0.2, -0.15) is 0 Å². The van der Waals surface area contributed by atoms with Gasteiger partial charge in [0.05, 0.1) is 11.8 Å². The van der Waals surface area contributed by atoms with Crippen molar-refractivity contribution in [2.24, 2.45) is 17.8 Å². The van der Waals surface area contributed by atoms with E-state index in [1.807, 2.05) is 65.0 Å². The van der Waals surface area contributed by atoms with E-state index in [0.29, 0.717) is 12.8 Å². The number of benzene rings is 1. The smallest absolute Gasteiger partial charge is 0.310 e. The van der Waals surface area contributed by atoms with E-state index in [-0.39, 0.29) is 5.92 Å². The quantitative estimate of drug-likeness (QED) is 0.656. The van der Waals surface area contributed by atoms with Crippen molar-refractivity contribution in [2.45, 2.75) is 65.9 Å². The molecule has 140 valence electrons. The number of rotatable bonds is 9. The summed E-state index contributed by atoms with van der Waals surface area (Å²) in [6, 6.07) is 10.0. The Hall–Kier alpha value is -1.84. The van der Waals surface area contributed by atoms with E-state index in [9.17, 15) is 14.7 Å². The first-order valence-corrected chi connectivity index (χ1v) is 9.09. The van der Waals surface area contributed by atoms with Crippen LogP contribution in [0.15, 0.2) is 30.3 Å². The van der Waals surface area contributed by atoms with Gasteiger partial charge in [-0.15, -0.1) is 0 Å². The van der Waals surface area contributed by atoms with E-state index in [2.05, 4.69) is 0 Å². The normalized spacial score (nSPS) is 14.2. The van der Waals surface area contributed by atoms with Crippen molar-refractivity contribution in [2.75, 3.05) is 0 Å². The van der Waals surface area contributed by atoms with Crippen LogP contribution in [0.25, 0.3) is 0 Å². The predicted octanol–water partition coefficient (Wildman–Crippen LogP) is 4.71. The molecule has 1 aromatic carbocycles. The van der Waals surface area contributed by atoms with Gasteiger partial charge in [-0.05, 0) is 57.9 Å². The highest BCUT2D eigenvalue weighted by Gasteiger charge is 2.36. The van der Waals surface area contributed by atoms with Gasteiger partial charge < -0.3 is 9.84 Å². The summed E-state index contributed by atoms with van der Waals surface area (Å²) in [6.07, 6.45) is 2.59. The minimum atomic E-state index is -0.913. The molecule has 1 unspecified atom stereocenters. The Kier molecular flexibility index (Phi) is 8.14. The van der Waals surface area contributed by atoms with Gasteiger partial charge in [0.1, 0.15) is 5.60 Å². The Morgan fingerprint density at radius 3 is 2.16 bits per heavy atom. The Balaban J connectivity index is 2.85. The van der Waals surface area contributed by atoms with Crippen LogP contribution in [0.4, 0.5) is 0 Å². The van der Waals surface area contributed by atoms with E-state index >= 15 is 0 Å². The number of aryl methyl sites for hydroxylation is 1. The summed E-state index contributed by atoms with van der Waals surface area (Å²) in [7, 11) is 0. The van der Waals surface area contributed by atoms with Crippen LogP contribution in [0.1, 0.15) is 59.4 Å². The van der Waals surface area contributed by atoms with Crippen LogP contribution < -0.4 is 0 Å². The second kappa shape index (κ2) is 9.59. The lowest BCUT2D eigenvalue weighted by molar-refractivity contribution is -0.167. The fraction of sp³-hybridized carbons (Fsp3) is 0.619. The zero-order valence-electron chi connectivity index (χ0n) is 16.1. The molecular formula is C21H32O4. The monoisotopic (exact) mass is 348 g/mol. The summed E-state index contributed by atoms with van der Waals surface area (Å²) in [4.78, 5) is 24.4. The molecule has 0 aliphatic rings. The number of hydrogen-bond donors (Lipinski definition) is 1. The maximum Gasteiger partial charge on any atom is 0.310 e. The van der Waals surface area contributed by atoms with Gasteiger partial charge >= 0.3 is 11.9 Å². The Morgan fingerprint density at radius 1 is 1.08 bits per heavy atom. The van der Waals surface area contributed by atoms with E-state index in [4.69, 9.17) is 4.74 Å². The molecule has 0 spiro atoms. The molecule has 0 heterocycles. The van der Waals surface area contributed by atoms with E-state index in [1.165, 1.54) is 5.56 Å². The van der Waals surface area contributed by atoms with Crippen LogP contribution in [0.2, 0.25) is 0 Å². The first kappa shape index (κ1) is 21.2. The van der Waals surface area contributed by atoms with Crippen molar-refractivity contribution >= 4 is 11.9 Å². The van der Waals surface area contributed by atoms with Crippen LogP contribution in [0.3, 0.4) is 0 Å². The minimum absolute atomic E-state index is 0.208. The molecule has 0 aliphatic carbocycles. The first-order valence-electron chi connectivity index (χ1n) is 9.09. The molecule has 25 heavy (non-hydrogen) atoms. The number of carboxylic acids is 1. The van der Waals surface area contributed by atoms with Crippen LogP contribution in [-0.2, 0) is 20.7 Å². The third kappa shape index (κ3) is 8.19. The highest BCUT2D eigenvalue weighted by molar-refractivity contribution is 5.81. The number of aliphatic carboxylic acids is 1. The zero-order valence-corrected chi connectivity index (χ0v) is 16.1. The van der Waals surface area contributed by atoms with Gasteiger partial charge in [-0.25, -0.2) is 0 Å². The highest BCUT2D eigenvalue weighted by atomic mass is 16.6. The lowest BCUT2D eigenvalue weighted by Gasteiger charge is -2.28. The zero-order chi connectivity index (χ0) is 19.0. The fourth-order valence-corrected chi connectivity index (χ4v) is 2.98. The van der Waals surface area contributed by atoms with Crippen LogP contribution in [0, 0.1) is 17.8 Å². The lowest BCUT2D eigenvalue weighted by atomic mass is 9.82. The van der Waals surface area contributed by atoms with Gasteiger partial charge in [-0.3, -0.25) is 9.59 Å². The summed E-state index contributed by atoms with van der Waals surface area (Å²) in [5.74, 6) is -2.41. The maximum atomic E-state index is 12.6. The average molecular weight is 348 g/mol. The molecular weight excluding hydrogens is 316 g/mol. The van der Waals surface area contributed by atoms with Gasteiger partial charge in [0, 0.05) is 0 Å². The molecule has 1 aromatic rings. The molecule has 0 saturated carbocycles. The average Bonchev–Trinajstić information content (AvgIpc) is 2.48. The summed E-state index contributed by atoms with van der Waals surface area (Å²) in [5.41, 5.74) is 0.580. The summed E-state index contributed by atoms with van der Waals surface area (Å²) in [5, 5.41) is 9.65. The molecule has 4 heteroatoms. The van der Waals surface area contributed by atoms with E-state index in [1.54, 1.807) is 0 Å². The van der Waals surface area contributed by atoms with Crippen molar-refractivity contribution in [3.63, 3.8) is 0 Å². The van der Waals surface area contributed by atoms with Crippen molar-refractivity contribution < 1.29 is 19.4 Å². The predicted molar refractivity (Wildman–Crippen MR) is 99.3 cm³/mol. The number of hydrogen-bond acceptors (Lipinski definition) is 3.